The van der Waals surface area contributed by atoms with Crippen LogP contribution in [-0.4, -0.2) is 23.6 Å². The van der Waals surface area contributed by atoms with Crippen LogP contribution in [0.3, 0.4) is 0 Å². The predicted molar refractivity (Wildman–Crippen MR) is 82.8 cm³/mol. The average Bonchev–Trinajstić information content (AvgIpc) is 2.39. The number of hydrogen-bond acceptors (Lipinski definition) is 4. The Morgan fingerprint density at radius 2 is 1.60 bits per heavy atom. The topological polar surface area (TPSA) is 61.0 Å². The van der Waals surface area contributed by atoms with Gasteiger partial charge in [-0.1, -0.05) is 34.6 Å². The van der Waals surface area contributed by atoms with Crippen LogP contribution in [0.4, 0.5) is 0 Å². The lowest BCUT2D eigenvalue weighted by Crippen LogP contribution is -2.24. The molecular weight excluding hydrogens is 250 g/mol. The van der Waals surface area contributed by atoms with E-state index in [2.05, 4.69) is 34.6 Å². The van der Waals surface area contributed by atoms with Crippen LogP contribution in [0.25, 0.3) is 0 Å². The first-order valence-corrected chi connectivity index (χ1v) is 7.50. The predicted octanol–water partition coefficient (Wildman–Crippen LogP) is 2.84. The van der Waals surface area contributed by atoms with Gasteiger partial charge in [-0.2, -0.15) is 0 Å². The first-order chi connectivity index (χ1) is 9.38. The van der Waals surface area contributed by atoms with Crippen molar-refractivity contribution in [1.29, 1.82) is 0 Å². The summed E-state index contributed by atoms with van der Waals surface area (Å²) in [5.74, 6) is 0.800. The van der Waals surface area contributed by atoms with Crippen molar-refractivity contribution in [2.45, 2.75) is 60.0 Å². The summed E-state index contributed by atoms with van der Waals surface area (Å²) < 4.78 is 5.65. The normalized spacial score (nSPS) is 13.6. The van der Waals surface area contributed by atoms with Gasteiger partial charge in [-0.15, -0.1) is 0 Å². The third-order valence-corrected chi connectivity index (χ3v) is 3.52. The molecule has 1 atom stereocenters. The minimum Gasteiger partial charge on any atom is -0.373 e. The van der Waals surface area contributed by atoms with Crippen LogP contribution in [0.2, 0.25) is 0 Å². The zero-order valence-electron chi connectivity index (χ0n) is 13.8. The van der Waals surface area contributed by atoms with Crippen LogP contribution in [0.15, 0.2) is 0 Å². The average molecular weight is 279 g/mol. The number of ether oxygens (including phenoxy) is 1. The summed E-state index contributed by atoms with van der Waals surface area (Å²) in [6.07, 6.45) is 2.56. The fraction of sp³-hybridized carbons (Fsp3) is 0.750. The Labute approximate surface area is 123 Å². The first kappa shape index (κ1) is 17.1. The van der Waals surface area contributed by atoms with Crippen molar-refractivity contribution in [2.24, 2.45) is 11.1 Å². The Hall–Kier alpha value is -1.00. The third-order valence-electron chi connectivity index (χ3n) is 3.52. The Kier molecular flexibility index (Phi) is 6.08. The van der Waals surface area contributed by atoms with Crippen molar-refractivity contribution < 1.29 is 4.74 Å². The molecule has 1 rings (SSSR count). The highest BCUT2D eigenvalue weighted by Crippen LogP contribution is 2.34. The zero-order chi connectivity index (χ0) is 15.3. The molecule has 20 heavy (non-hydrogen) atoms. The van der Waals surface area contributed by atoms with Crippen LogP contribution in [-0.2, 0) is 24.0 Å². The molecule has 0 spiro atoms. The summed E-state index contributed by atoms with van der Waals surface area (Å²) >= 11 is 0. The van der Waals surface area contributed by atoms with E-state index in [9.17, 15) is 0 Å². The Bertz CT molecular complexity index is 413. The summed E-state index contributed by atoms with van der Waals surface area (Å²) in [7, 11) is 1.73. The Morgan fingerprint density at radius 3 is 1.90 bits per heavy atom. The van der Waals surface area contributed by atoms with E-state index in [1.807, 2.05) is 0 Å². The van der Waals surface area contributed by atoms with Crippen molar-refractivity contribution in [3.8, 4) is 0 Å². The van der Waals surface area contributed by atoms with Gasteiger partial charge in [0.25, 0.3) is 0 Å². The van der Waals surface area contributed by atoms with Crippen LogP contribution in [0.1, 0.15) is 63.5 Å². The number of rotatable bonds is 6. The van der Waals surface area contributed by atoms with E-state index in [-0.39, 0.29) is 11.5 Å². The van der Waals surface area contributed by atoms with Gasteiger partial charge in [0.15, 0.2) is 5.82 Å². The molecule has 1 aromatic rings. The number of aryl methyl sites for hydroxylation is 2. The summed E-state index contributed by atoms with van der Waals surface area (Å²) in [5, 5.41) is 0. The van der Waals surface area contributed by atoms with Gasteiger partial charge >= 0.3 is 0 Å². The zero-order valence-corrected chi connectivity index (χ0v) is 13.8. The van der Waals surface area contributed by atoms with E-state index >= 15 is 0 Å². The molecule has 0 aliphatic carbocycles. The van der Waals surface area contributed by atoms with Crippen molar-refractivity contribution in [3.05, 3.63) is 22.8 Å². The van der Waals surface area contributed by atoms with Crippen LogP contribution in [0, 0.1) is 5.41 Å². The second kappa shape index (κ2) is 7.14. The van der Waals surface area contributed by atoms with Crippen molar-refractivity contribution in [2.75, 3.05) is 13.7 Å². The molecule has 0 aliphatic rings. The number of nitrogens with zero attached hydrogens (tertiary/aromatic N) is 2. The van der Waals surface area contributed by atoms with Gasteiger partial charge in [0.2, 0.25) is 0 Å². The highest BCUT2D eigenvalue weighted by molar-refractivity contribution is 5.27. The van der Waals surface area contributed by atoms with E-state index in [4.69, 9.17) is 20.4 Å². The lowest BCUT2D eigenvalue weighted by Gasteiger charge is -2.29. The maximum absolute atomic E-state index is 5.72. The van der Waals surface area contributed by atoms with Gasteiger partial charge in [-0.3, -0.25) is 0 Å². The van der Waals surface area contributed by atoms with E-state index < -0.39 is 0 Å². The monoisotopic (exact) mass is 279 g/mol. The van der Waals surface area contributed by atoms with Gasteiger partial charge in [-0.05, 0) is 36.8 Å². The molecule has 2 N–H and O–H groups in total. The smallest absolute Gasteiger partial charge is 0.158 e. The highest BCUT2D eigenvalue weighted by Gasteiger charge is 2.29. The molecule has 0 saturated heterocycles. The number of hydrogen-bond donors (Lipinski definition) is 1. The minimum absolute atomic E-state index is 0.0276. The summed E-state index contributed by atoms with van der Waals surface area (Å²) in [6, 6.07) is 0. The maximum atomic E-state index is 5.72. The van der Waals surface area contributed by atoms with Gasteiger partial charge in [0.05, 0.1) is 0 Å². The molecule has 4 heteroatoms. The lowest BCUT2D eigenvalue weighted by atomic mass is 9.88. The molecule has 1 heterocycles. The summed E-state index contributed by atoms with van der Waals surface area (Å²) in [4.78, 5) is 9.53. The quantitative estimate of drug-likeness (QED) is 0.870. The molecule has 0 bridgehead atoms. The standard InChI is InChI=1S/C16H29N3O/c1-7-12-11(9-10-17)13(8-2)19-15(18-12)14(20-6)16(3,4)5/h14H,7-10,17H2,1-6H3. The lowest BCUT2D eigenvalue weighted by molar-refractivity contribution is 0.00832. The molecule has 1 unspecified atom stereocenters. The molecule has 0 aromatic carbocycles. The fourth-order valence-corrected chi connectivity index (χ4v) is 2.58. The van der Waals surface area contributed by atoms with Crippen molar-refractivity contribution >= 4 is 0 Å². The van der Waals surface area contributed by atoms with Crippen molar-refractivity contribution in [3.63, 3.8) is 0 Å². The molecule has 0 aliphatic heterocycles. The van der Waals surface area contributed by atoms with Crippen LogP contribution < -0.4 is 5.73 Å². The second-order valence-corrected chi connectivity index (χ2v) is 6.18. The molecule has 114 valence electrons. The Morgan fingerprint density at radius 1 is 1.10 bits per heavy atom. The molecule has 0 amide bonds. The fourth-order valence-electron chi connectivity index (χ4n) is 2.58. The third kappa shape index (κ3) is 3.76. The molecule has 0 radical (unpaired) electrons. The van der Waals surface area contributed by atoms with Gasteiger partial charge in [-0.25, -0.2) is 9.97 Å². The van der Waals surface area contributed by atoms with Gasteiger partial charge < -0.3 is 10.5 Å². The largest absolute Gasteiger partial charge is 0.373 e. The van der Waals surface area contributed by atoms with E-state index in [1.54, 1.807) is 7.11 Å². The van der Waals surface area contributed by atoms with E-state index in [1.165, 1.54) is 5.56 Å². The first-order valence-electron chi connectivity index (χ1n) is 7.50. The molecule has 4 nitrogen and oxygen atoms in total. The second-order valence-electron chi connectivity index (χ2n) is 6.18. The number of aromatic nitrogens is 2. The Balaban J connectivity index is 3.36. The number of methoxy groups -OCH3 is 1. The minimum atomic E-state index is -0.0926. The van der Waals surface area contributed by atoms with Gasteiger partial charge in [0.1, 0.15) is 6.10 Å². The van der Waals surface area contributed by atoms with Crippen LogP contribution in [0.5, 0.6) is 0 Å². The highest BCUT2D eigenvalue weighted by atomic mass is 16.5. The molecule has 0 fully saturated rings. The SMILES string of the molecule is CCc1nc(C(OC)C(C)(C)C)nc(CC)c1CCN. The summed E-state index contributed by atoms with van der Waals surface area (Å²) in [5.41, 5.74) is 9.15. The molecular formula is C16H29N3O. The van der Waals surface area contributed by atoms with Crippen LogP contribution >= 0.6 is 0 Å². The maximum Gasteiger partial charge on any atom is 0.158 e. The molecule has 0 saturated carbocycles. The van der Waals surface area contributed by atoms with E-state index in [0.29, 0.717) is 6.54 Å². The summed E-state index contributed by atoms with van der Waals surface area (Å²) in [6.45, 7) is 11.3. The molecule has 1 aromatic heterocycles. The number of nitrogens with two attached hydrogens (primary N) is 1. The van der Waals surface area contributed by atoms with Gasteiger partial charge in [0, 0.05) is 18.5 Å². The van der Waals surface area contributed by atoms with Crippen molar-refractivity contribution in [1.82, 2.24) is 9.97 Å². The van der Waals surface area contributed by atoms with E-state index in [0.717, 1.165) is 36.5 Å².